The average Bonchev–Trinajstić information content (AvgIpc) is 2.64. The zero-order valence-electron chi connectivity index (χ0n) is 15.6. The van der Waals surface area contributed by atoms with Gasteiger partial charge in [0.25, 0.3) is 0 Å². The lowest BCUT2D eigenvalue weighted by molar-refractivity contribution is -0.138. The van der Waals surface area contributed by atoms with Crippen LogP contribution in [-0.4, -0.2) is 13.6 Å². The second-order valence-electron chi connectivity index (χ2n) is 6.09. The van der Waals surface area contributed by atoms with Gasteiger partial charge in [0.1, 0.15) is 11.9 Å². The number of alkyl halides is 3. The van der Waals surface area contributed by atoms with Gasteiger partial charge in [0.2, 0.25) is 0 Å². The fraction of sp³-hybridized carbons (Fsp3) is 0.333. The fourth-order valence-electron chi connectivity index (χ4n) is 2.69. The van der Waals surface area contributed by atoms with Crippen molar-refractivity contribution in [2.24, 2.45) is 0 Å². The molecule has 2 rings (SSSR count). The topological polar surface area (TPSA) is 21.3 Å². The molecule has 0 fully saturated rings. The Kier molecular flexibility index (Phi) is 7.80. The van der Waals surface area contributed by atoms with Gasteiger partial charge in [-0.15, -0.1) is 0 Å². The van der Waals surface area contributed by atoms with E-state index in [4.69, 9.17) is 4.74 Å². The number of thioether (sulfide) groups is 1. The van der Waals surface area contributed by atoms with E-state index in [1.807, 2.05) is 44.3 Å². The summed E-state index contributed by atoms with van der Waals surface area (Å²) in [5, 5.41) is 4.83. The minimum atomic E-state index is -4.43. The van der Waals surface area contributed by atoms with Gasteiger partial charge in [0.05, 0.1) is 5.56 Å². The monoisotopic (exact) mass is 395 g/mol. The third-order valence-corrected chi connectivity index (χ3v) is 5.16. The maximum atomic E-state index is 13.5. The Morgan fingerprint density at radius 3 is 2.48 bits per heavy atom. The molecule has 1 atom stereocenters. The van der Waals surface area contributed by atoms with Crippen molar-refractivity contribution in [1.29, 1.82) is 0 Å². The predicted molar refractivity (Wildman–Crippen MR) is 105 cm³/mol. The standard InChI is InChI=1S/C21H24F3NOS/c1-4-12-27-20-14-17(13-18(15(20)2)21(22,23)24)26-19(10-11-25-3)16-8-6-5-7-9-16/h4-9,12-14,19,25H,10-11H2,1-3H3/b12-4-. The Balaban J connectivity index is 2.42. The van der Waals surface area contributed by atoms with Crippen LogP contribution in [0.1, 0.15) is 36.1 Å². The number of nitrogens with one attached hydrogen (secondary N) is 1. The lowest BCUT2D eigenvalue weighted by Crippen LogP contribution is -2.17. The summed E-state index contributed by atoms with van der Waals surface area (Å²) in [6.45, 7) is 4.02. The van der Waals surface area contributed by atoms with E-state index < -0.39 is 11.7 Å². The molecule has 0 radical (unpaired) electrons. The lowest BCUT2D eigenvalue weighted by atomic mass is 10.1. The van der Waals surface area contributed by atoms with Crippen molar-refractivity contribution in [1.82, 2.24) is 5.32 Å². The van der Waals surface area contributed by atoms with Crippen LogP contribution >= 0.6 is 11.8 Å². The zero-order chi connectivity index (χ0) is 19.9. The maximum Gasteiger partial charge on any atom is 0.416 e. The summed E-state index contributed by atoms with van der Waals surface area (Å²) in [6, 6.07) is 12.3. The summed E-state index contributed by atoms with van der Waals surface area (Å²) >= 11 is 1.26. The molecule has 146 valence electrons. The van der Waals surface area contributed by atoms with Crippen molar-refractivity contribution in [3.8, 4) is 5.75 Å². The quantitative estimate of drug-likeness (QED) is 0.525. The molecule has 0 bridgehead atoms. The van der Waals surface area contributed by atoms with Crippen molar-refractivity contribution in [3.05, 3.63) is 70.6 Å². The SMILES string of the molecule is C/C=C\Sc1cc(OC(CCNC)c2ccccc2)cc(C(F)(F)F)c1C. The molecule has 2 nitrogen and oxygen atoms in total. The highest BCUT2D eigenvalue weighted by molar-refractivity contribution is 8.02. The molecule has 1 unspecified atom stereocenters. The summed E-state index contributed by atoms with van der Waals surface area (Å²) in [5.74, 6) is 0.227. The molecule has 0 aliphatic rings. The van der Waals surface area contributed by atoms with Crippen LogP contribution in [0.25, 0.3) is 0 Å². The summed E-state index contributed by atoms with van der Waals surface area (Å²) in [5.41, 5.74) is 0.487. The van der Waals surface area contributed by atoms with Gasteiger partial charge >= 0.3 is 6.18 Å². The van der Waals surface area contributed by atoms with E-state index in [2.05, 4.69) is 5.32 Å². The number of allylic oxidation sites excluding steroid dienone is 1. The highest BCUT2D eigenvalue weighted by Gasteiger charge is 2.34. The Hall–Kier alpha value is -1.92. The van der Waals surface area contributed by atoms with Crippen LogP contribution in [0.4, 0.5) is 13.2 Å². The first-order valence-electron chi connectivity index (χ1n) is 8.72. The molecule has 2 aromatic rings. The zero-order valence-corrected chi connectivity index (χ0v) is 16.5. The van der Waals surface area contributed by atoms with Crippen molar-refractivity contribution >= 4 is 11.8 Å². The summed E-state index contributed by atoms with van der Waals surface area (Å²) in [7, 11) is 1.83. The Bertz CT molecular complexity index is 760. The van der Waals surface area contributed by atoms with Crippen LogP contribution in [0.2, 0.25) is 0 Å². The fourth-order valence-corrected chi connectivity index (χ4v) is 3.44. The molecule has 6 heteroatoms. The van der Waals surface area contributed by atoms with Crippen LogP contribution < -0.4 is 10.1 Å². The van der Waals surface area contributed by atoms with Crippen LogP contribution in [0.3, 0.4) is 0 Å². The van der Waals surface area contributed by atoms with Gasteiger partial charge in [-0.05, 0) is 56.1 Å². The molecular weight excluding hydrogens is 371 g/mol. The number of hydrogen-bond donors (Lipinski definition) is 1. The van der Waals surface area contributed by atoms with Gasteiger partial charge in [-0.3, -0.25) is 0 Å². The van der Waals surface area contributed by atoms with Gasteiger partial charge in [-0.2, -0.15) is 13.2 Å². The molecule has 27 heavy (non-hydrogen) atoms. The Labute approximate surface area is 162 Å². The number of benzene rings is 2. The van der Waals surface area contributed by atoms with E-state index in [1.165, 1.54) is 18.7 Å². The van der Waals surface area contributed by atoms with Crippen LogP contribution in [0.5, 0.6) is 5.75 Å². The van der Waals surface area contributed by atoms with Gasteiger partial charge in [-0.25, -0.2) is 0 Å². The van der Waals surface area contributed by atoms with E-state index in [9.17, 15) is 13.2 Å². The van der Waals surface area contributed by atoms with E-state index in [0.29, 0.717) is 17.9 Å². The van der Waals surface area contributed by atoms with Crippen LogP contribution in [0, 0.1) is 6.92 Å². The summed E-state index contributed by atoms with van der Waals surface area (Å²) < 4.78 is 46.5. The van der Waals surface area contributed by atoms with Crippen LogP contribution in [0.15, 0.2) is 58.8 Å². The Morgan fingerprint density at radius 2 is 1.89 bits per heavy atom. The van der Waals surface area contributed by atoms with Crippen molar-refractivity contribution < 1.29 is 17.9 Å². The highest BCUT2D eigenvalue weighted by atomic mass is 32.2. The molecule has 1 N–H and O–H groups in total. The third-order valence-electron chi connectivity index (χ3n) is 4.08. The minimum Gasteiger partial charge on any atom is -0.486 e. The molecule has 0 spiro atoms. The molecule has 2 aromatic carbocycles. The number of hydrogen-bond acceptors (Lipinski definition) is 3. The highest BCUT2D eigenvalue weighted by Crippen LogP contribution is 2.40. The van der Waals surface area contributed by atoms with E-state index in [1.54, 1.807) is 17.6 Å². The van der Waals surface area contributed by atoms with E-state index >= 15 is 0 Å². The Morgan fingerprint density at radius 1 is 1.19 bits per heavy atom. The smallest absolute Gasteiger partial charge is 0.416 e. The summed E-state index contributed by atoms with van der Waals surface area (Å²) in [4.78, 5) is 0.540. The third kappa shape index (κ3) is 6.04. The van der Waals surface area contributed by atoms with Gasteiger partial charge in [-0.1, -0.05) is 48.2 Å². The van der Waals surface area contributed by atoms with E-state index in [-0.39, 0.29) is 17.4 Å². The van der Waals surface area contributed by atoms with Gasteiger partial charge in [0, 0.05) is 11.3 Å². The molecule has 0 saturated carbocycles. The molecule has 0 aliphatic carbocycles. The van der Waals surface area contributed by atoms with E-state index in [0.717, 1.165) is 11.6 Å². The summed E-state index contributed by atoms with van der Waals surface area (Å²) in [6.07, 6.45) is -2.32. The molecule has 0 amide bonds. The first-order chi connectivity index (χ1) is 12.9. The minimum absolute atomic E-state index is 0.212. The van der Waals surface area contributed by atoms with Crippen molar-refractivity contribution in [2.45, 2.75) is 37.4 Å². The molecule has 0 heterocycles. The maximum absolute atomic E-state index is 13.5. The van der Waals surface area contributed by atoms with Crippen LogP contribution in [-0.2, 0) is 6.18 Å². The molecular formula is C21H24F3NOS. The number of ether oxygens (including phenoxy) is 1. The predicted octanol–water partition coefficient (Wildman–Crippen LogP) is 6.37. The first-order valence-corrected chi connectivity index (χ1v) is 9.60. The largest absolute Gasteiger partial charge is 0.486 e. The number of halogens is 3. The molecule has 0 aromatic heterocycles. The van der Waals surface area contributed by atoms with Gasteiger partial charge < -0.3 is 10.1 Å². The first kappa shape index (κ1) is 21.4. The van der Waals surface area contributed by atoms with Gasteiger partial charge in [0.15, 0.2) is 0 Å². The molecule has 0 saturated heterocycles. The van der Waals surface area contributed by atoms with Crippen molar-refractivity contribution in [3.63, 3.8) is 0 Å². The molecule has 0 aliphatic heterocycles. The normalized spacial score (nSPS) is 13.1. The lowest BCUT2D eigenvalue weighted by Gasteiger charge is -2.22. The second kappa shape index (κ2) is 9.85. The average molecular weight is 395 g/mol. The van der Waals surface area contributed by atoms with Crippen molar-refractivity contribution in [2.75, 3.05) is 13.6 Å². The second-order valence-corrected chi connectivity index (χ2v) is 7.04. The number of rotatable bonds is 8.